The Labute approximate surface area is 150 Å². The van der Waals surface area contributed by atoms with Crippen LogP contribution < -0.4 is 10.5 Å². The molecule has 0 unspecified atom stereocenters. The Kier molecular flexibility index (Phi) is 4.96. The average Bonchev–Trinajstić information content (AvgIpc) is 3.03. The Morgan fingerprint density at radius 2 is 1.92 bits per heavy atom. The number of nitrogens with zero attached hydrogens (tertiary/aromatic N) is 1. The van der Waals surface area contributed by atoms with Crippen molar-refractivity contribution in [3.05, 3.63) is 69.0 Å². The molecular weight excluding hydrogens is 370 g/mol. The maximum absolute atomic E-state index is 14.1. The highest BCUT2D eigenvalue weighted by Gasteiger charge is 2.19. The smallest absolute Gasteiger partial charge is 0.254 e. The molecule has 2 aromatic carbocycles. The van der Waals surface area contributed by atoms with Gasteiger partial charge in [0.25, 0.3) is 5.91 Å². The highest BCUT2D eigenvalue weighted by molar-refractivity contribution is 7.09. The number of nitrogens with two attached hydrogens (primary N) is 1. The molecule has 2 N–H and O–H groups in total. The Balaban J connectivity index is 1.76. The molecule has 3 rings (SSSR count). The van der Waals surface area contributed by atoms with Gasteiger partial charge >= 0.3 is 0 Å². The first-order valence-electron chi connectivity index (χ1n) is 7.06. The minimum absolute atomic E-state index is 0.0288. The summed E-state index contributed by atoms with van der Waals surface area (Å²) in [6, 6.07) is 9.21. The first-order valence-corrected chi connectivity index (χ1v) is 8.32. The number of primary amides is 1. The first-order chi connectivity index (χ1) is 12.0. The van der Waals surface area contributed by atoms with Gasteiger partial charge in [-0.15, -0.1) is 11.3 Å². The molecule has 1 heterocycles. The molecule has 0 saturated heterocycles. The molecule has 128 valence electrons. The first kappa shape index (κ1) is 17.3. The summed E-state index contributed by atoms with van der Waals surface area (Å²) in [5.41, 5.74) is 5.77. The third-order valence-electron chi connectivity index (χ3n) is 3.34. The van der Waals surface area contributed by atoms with Gasteiger partial charge in [-0.1, -0.05) is 23.7 Å². The number of benzene rings is 2. The molecule has 3 aromatic rings. The summed E-state index contributed by atoms with van der Waals surface area (Å²) < 4.78 is 32.9. The van der Waals surface area contributed by atoms with Crippen LogP contribution in [0.5, 0.6) is 5.75 Å². The van der Waals surface area contributed by atoms with E-state index in [1.807, 2.05) is 17.5 Å². The second kappa shape index (κ2) is 7.16. The Hall–Kier alpha value is -2.51. The highest BCUT2D eigenvalue weighted by atomic mass is 35.5. The maximum atomic E-state index is 14.1. The van der Waals surface area contributed by atoms with Crippen LogP contribution in [-0.2, 0) is 6.61 Å². The van der Waals surface area contributed by atoms with Crippen molar-refractivity contribution in [2.75, 3.05) is 0 Å². The quantitative estimate of drug-likeness (QED) is 0.712. The van der Waals surface area contributed by atoms with E-state index >= 15 is 0 Å². The monoisotopic (exact) mass is 380 g/mol. The average molecular weight is 381 g/mol. The molecule has 1 amide bonds. The maximum Gasteiger partial charge on any atom is 0.254 e. The second-order valence-corrected chi connectivity index (χ2v) is 6.40. The third kappa shape index (κ3) is 3.78. The number of carbonyl (C=O) groups excluding carboxylic acids is 1. The van der Waals surface area contributed by atoms with Crippen LogP contribution in [0, 0.1) is 11.6 Å². The summed E-state index contributed by atoms with van der Waals surface area (Å²) in [7, 11) is 0. The predicted molar refractivity (Wildman–Crippen MR) is 91.8 cm³/mol. The van der Waals surface area contributed by atoms with Crippen molar-refractivity contribution in [3.63, 3.8) is 0 Å². The van der Waals surface area contributed by atoms with Crippen molar-refractivity contribution in [2.24, 2.45) is 5.73 Å². The lowest BCUT2D eigenvalue weighted by molar-refractivity contribution is 0.0991. The number of carbonyl (C=O) groups is 1. The normalized spacial score (nSPS) is 10.7. The number of hydrogen-bond acceptors (Lipinski definition) is 4. The van der Waals surface area contributed by atoms with Crippen molar-refractivity contribution in [3.8, 4) is 17.0 Å². The van der Waals surface area contributed by atoms with Crippen molar-refractivity contribution >= 4 is 28.8 Å². The minimum Gasteiger partial charge on any atom is -0.483 e. The van der Waals surface area contributed by atoms with Crippen LogP contribution >= 0.6 is 22.9 Å². The molecule has 1 aromatic heterocycles. The van der Waals surface area contributed by atoms with E-state index in [2.05, 4.69) is 4.98 Å². The van der Waals surface area contributed by atoms with E-state index in [0.717, 1.165) is 23.4 Å². The standard InChI is InChI=1S/C17H11ClF2N2O2S/c18-10-3-1-9(2-4-10)12-8-25-14(22-12)7-24-13-6-5-11(19)15(16(13)20)17(21)23/h1-6,8H,7H2,(H2,21,23). The topological polar surface area (TPSA) is 65.2 Å². The zero-order valence-corrected chi connectivity index (χ0v) is 14.2. The van der Waals surface area contributed by atoms with Crippen molar-refractivity contribution in [2.45, 2.75) is 6.61 Å². The molecule has 0 spiro atoms. The number of amides is 1. The molecule has 0 aliphatic heterocycles. The summed E-state index contributed by atoms with van der Waals surface area (Å²) in [6.07, 6.45) is 0. The van der Waals surface area contributed by atoms with E-state index in [1.165, 1.54) is 11.3 Å². The van der Waals surface area contributed by atoms with Crippen molar-refractivity contribution in [1.29, 1.82) is 0 Å². The van der Waals surface area contributed by atoms with Crippen LogP contribution in [0.15, 0.2) is 41.8 Å². The summed E-state index contributed by atoms with van der Waals surface area (Å²) in [5.74, 6) is -3.61. The zero-order chi connectivity index (χ0) is 18.0. The fraction of sp³-hybridized carbons (Fsp3) is 0.0588. The van der Waals surface area contributed by atoms with Crippen LogP contribution in [0.1, 0.15) is 15.4 Å². The third-order valence-corrected chi connectivity index (χ3v) is 4.42. The van der Waals surface area contributed by atoms with Gasteiger partial charge in [0.15, 0.2) is 11.6 Å². The fourth-order valence-electron chi connectivity index (χ4n) is 2.14. The Bertz CT molecular complexity index is 929. The SMILES string of the molecule is NC(=O)c1c(F)ccc(OCc2nc(-c3ccc(Cl)cc3)cs2)c1F. The summed E-state index contributed by atoms with van der Waals surface area (Å²) >= 11 is 7.18. The summed E-state index contributed by atoms with van der Waals surface area (Å²) in [5, 5.41) is 3.05. The number of hydrogen-bond donors (Lipinski definition) is 1. The molecule has 0 radical (unpaired) electrons. The van der Waals surface area contributed by atoms with E-state index < -0.39 is 23.1 Å². The lowest BCUT2D eigenvalue weighted by Gasteiger charge is -2.08. The van der Waals surface area contributed by atoms with Gasteiger partial charge in [-0.3, -0.25) is 4.79 Å². The van der Waals surface area contributed by atoms with Gasteiger partial charge in [0.1, 0.15) is 23.0 Å². The molecule has 4 nitrogen and oxygen atoms in total. The van der Waals surface area contributed by atoms with Crippen molar-refractivity contribution < 1.29 is 18.3 Å². The Morgan fingerprint density at radius 1 is 1.20 bits per heavy atom. The number of rotatable bonds is 5. The van der Waals surface area contributed by atoms with Gasteiger partial charge in [0, 0.05) is 16.0 Å². The van der Waals surface area contributed by atoms with Crippen LogP contribution in [0.3, 0.4) is 0 Å². The van der Waals surface area contributed by atoms with Gasteiger partial charge in [0.05, 0.1) is 5.69 Å². The van der Waals surface area contributed by atoms with Gasteiger partial charge < -0.3 is 10.5 Å². The fourth-order valence-corrected chi connectivity index (χ4v) is 2.98. The number of ether oxygens (including phenoxy) is 1. The lowest BCUT2D eigenvalue weighted by atomic mass is 10.1. The summed E-state index contributed by atoms with van der Waals surface area (Å²) in [4.78, 5) is 15.5. The molecule has 0 bridgehead atoms. The number of aromatic nitrogens is 1. The zero-order valence-electron chi connectivity index (χ0n) is 12.6. The van der Waals surface area contributed by atoms with Crippen LogP contribution in [0.4, 0.5) is 8.78 Å². The summed E-state index contributed by atoms with van der Waals surface area (Å²) in [6.45, 7) is -0.0288. The predicted octanol–water partition coefficient (Wildman–Crippen LogP) is 4.42. The molecule has 0 aliphatic carbocycles. The second-order valence-electron chi connectivity index (χ2n) is 5.02. The number of thiazole rings is 1. The highest BCUT2D eigenvalue weighted by Crippen LogP contribution is 2.26. The van der Waals surface area contributed by atoms with E-state index in [1.54, 1.807) is 12.1 Å². The molecule has 0 aliphatic rings. The van der Waals surface area contributed by atoms with Crippen LogP contribution in [0.2, 0.25) is 5.02 Å². The number of halogens is 3. The largest absolute Gasteiger partial charge is 0.483 e. The van der Waals surface area contributed by atoms with E-state index in [0.29, 0.717) is 10.0 Å². The molecular formula is C17H11ClF2N2O2S. The Morgan fingerprint density at radius 3 is 2.60 bits per heavy atom. The van der Waals surface area contributed by atoms with Gasteiger partial charge in [-0.2, -0.15) is 0 Å². The minimum atomic E-state index is -1.19. The van der Waals surface area contributed by atoms with Crippen molar-refractivity contribution in [1.82, 2.24) is 4.98 Å². The molecule has 8 heteroatoms. The van der Waals surface area contributed by atoms with Crippen LogP contribution in [-0.4, -0.2) is 10.9 Å². The molecule has 0 fully saturated rings. The molecule has 25 heavy (non-hydrogen) atoms. The molecule has 0 saturated carbocycles. The van der Waals surface area contributed by atoms with E-state index in [9.17, 15) is 13.6 Å². The van der Waals surface area contributed by atoms with Gasteiger partial charge in [0.2, 0.25) is 0 Å². The van der Waals surface area contributed by atoms with Gasteiger partial charge in [-0.05, 0) is 24.3 Å². The van der Waals surface area contributed by atoms with Gasteiger partial charge in [-0.25, -0.2) is 13.8 Å². The molecule has 0 atom stereocenters. The lowest BCUT2D eigenvalue weighted by Crippen LogP contribution is -2.16. The van der Waals surface area contributed by atoms with E-state index in [-0.39, 0.29) is 12.4 Å². The van der Waals surface area contributed by atoms with Crippen LogP contribution in [0.25, 0.3) is 11.3 Å². The van der Waals surface area contributed by atoms with E-state index in [4.69, 9.17) is 22.1 Å².